The van der Waals surface area contributed by atoms with Gasteiger partial charge in [-0.2, -0.15) is 0 Å². The average Bonchev–Trinajstić information content (AvgIpc) is 2.76. The first-order valence-electron chi connectivity index (χ1n) is 10.1. The van der Waals surface area contributed by atoms with Crippen molar-refractivity contribution in [3.63, 3.8) is 0 Å². The summed E-state index contributed by atoms with van der Waals surface area (Å²) in [6.45, 7) is 6.38. The minimum absolute atomic E-state index is 0.0260. The molecule has 0 spiro atoms. The van der Waals surface area contributed by atoms with Gasteiger partial charge in [0.05, 0.1) is 23.7 Å². The van der Waals surface area contributed by atoms with Gasteiger partial charge in [0, 0.05) is 44.3 Å². The molecule has 11 heteroatoms. The number of piperazine rings is 1. The lowest BCUT2D eigenvalue weighted by molar-refractivity contribution is -0.133. The molecule has 1 heterocycles. The third-order valence-corrected chi connectivity index (χ3v) is 5.51. The van der Waals surface area contributed by atoms with Gasteiger partial charge < -0.3 is 25.3 Å². The summed E-state index contributed by atoms with van der Waals surface area (Å²) in [6.07, 6.45) is 0. The molecule has 0 saturated carbocycles. The van der Waals surface area contributed by atoms with Gasteiger partial charge in [-0.25, -0.2) is 4.79 Å². The maximum absolute atomic E-state index is 12.4. The van der Waals surface area contributed by atoms with Crippen molar-refractivity contribution in [2.45, 2.75) is 13.8 Å². The molecule has 0 unspecified atom stereocenters. The van der Waals surface area contributed by atoms with E-state index in [1.54, 1.807) is 14.7 Å². The van der Waals surface area contributed by atoms with Gasteiger partial charge in [-0.05, 0) is 32.0 Å². The summed E-state index contributed by atoms with van der Waals surface area (Å²) in [7, 11) is 0. The molecule has 1 aliphatic rings. The second kappa shape index (κ2) is 11.8. The number of nitrogens with zero attached hydrogens (tertiary/aromatic N) is 3. The van der Waals surface area contributed by atoms with Crippen LogP contribution in [0.4, 0.5) is 4.79 Å². The van der Waals surface area contributed by atoms with Crippen molar-refractivity contribution in [1.82, 2.24) is 25.3 Å². The predicted octanol–water partition coefficient (Wildman–Crippen LogP) is 1.45. The Morgan fingerprint density at radius 1 is 0.935 bits per heavy atom. The molecule has 31 heavy (non-hydrogen) atoms. The van der Waals surface area contributed by atoms with Crippen molar-refractivity contribution in [1.29, 1.82) is 0 Å². The fourth-order valence-corrected chi connectivity index (χ4v) is 3.61. The molecule has 1 aromatic carbocycles. The average molecular weight is 472 g/mol. The first-order valence-corrected chi connectivity index (χ1v) is 10.8. The number of hydrogen-bond acceptors (Lipinski definition) is 4. The zero-order valence-electron chi connectivity index (χ0n) is 17.6. The van der Waals surface area contributed by atoms with Crippen LogP contribution in [0.3, 0.4) is 0 Å². The van der Waals surface area contributed by atoms with E-state index in [1.165, 1.54) is 18.2 Å². The number of carbonyl (C=O) groups is 4. The Bertz CT molecular complexity index is 824. The van der Waals surface area contributed by atoms with Crippen LogP contribution in [-0.2, 0) is 9.59 Å². The highest BCUT2D eigenvalue weighted by molar-refractivity contribution is 6.36. The second-order valence-corrected chi connectivity index (χ2v) is 7.75. The zero-order chi connectivity index (χ0) is 23.0. The zero-order valence-corrected chi connectivity index (χ0v) is 19.1. The van der Waals surface area contributed by atoms with E-state index >= 15 is 0 Å². The van der Waals surface area contributed by atoms with Crippen molar-refractivity contribution < 1.29 is 19.2 Å². The lowest BCUT2D eigenvalue weighted by Gasteiger charge is -2.37. The monoisotopic (exact) mass is 471 g/mol. The summed E-state index contributed by atoms with van der Waals surface area (Å²) in [5.74, 6) is -1.25. The molecule has 0 bridgehead atoms. The fraction of sp³-hybridized carbons (Fsp3) is 0.500. The topological polar surface area (TPSA) is 102 Å². The molecule has 0 aliphatic carbocycles. The van der Waals surface area contributed by atoms with E-state index in [1.807, 2.05) is 13.8 Å². The van der Waals surface area contributed by atoms with Crippen LogP contribution in [0.25, 0.3) is 0 Å². The first kappa shape index (κ1) is 24.7. The molecule has 1 aliphatic heterocycles. The Hall–Kier alpha value is -2.52. The molecule has 0 atom stereocenters. The Morgan fingerprint density at radius 2 is 1.55 bits per heavy atom. The Balaban J connectivity index is 1.72. The van der Waals surface area contributed by atoms with Crippen molar-refractivity contribution >= 4 is 47.0 Å². The van der Waals surface area contributed by atoms with E-state index < -0.39 is 11.8 Å². The number of amides is 5. The van der Waals surface area contributed by atoms with Gasteiger partial charge in [0.1, 0.15) is 0 Å². The van der Waals surface area contributed by atoms with Crippen LogP contribution in [0.5, 0.6) is 0 Å². The van der Waals surface area contributed by atoms with Crippen LogP contribution < -0.4 is 10.6 Å². The minimum atomic E-state index is -0.517. The Kier molecular flexibility index (Phi) is 9.39. The maximum Gasteiger partial charge on any atom is 0.320 e. The molecule has 9 nitrogen and oxygen atoms in total. The fourth-order valence-electron chi connectivity index (χ4n) is 3.12. The summed E-state index contributed by atoms with van der Waals surface area (Å²) in [6, 6.07) is 4.40. The first-order chi connectivity index (χ1) is 14.8. The van der Waals surface area contributed by atoms with Crippen molar-refractivity contribution in [3.05, 3.63) is 33.8 Å². The standard InChI is InChI=1S/C20H27Cl2N5O4/c1-3-25(4-2)20(31)27-9-7-26(8-10-27)18(29)13-23-17(28)12-24-19(30)15-6-5-14(21)11-16(15)22/h5-6,11H,3-4,7-10,12-13H2,1-2H3,(H,23,28)(H,24,30). The normalized spacial score (nSPS) is 13.5. The second-order valence-electron chi connectivity index (χ2n) is 6.91. The van der Waals surface area contributed by atoms with Crippen LogP contribution >= 0.6 is 23.2 Å². The molecule has 1 aromatic rings. The minimum Gasteiger partial charge on any atom is -0.345 e. The lowest BCUT2D eigenvalue weighted by atomic mass is 10.2. The number of rotatable bonds is 7. The summed E-state index contributed by atoms with van der Waals surface area (Å²) in [4.78, 5) is 53.9. The predicted molar refractivity (Wildman–Crippen MR) is 118 cm³/mol. The van der Waals surface area contributed by atoms with E-state index in [0.717, 1.165) is 0 Å². The third-order valence-electron chi connectivity index (χ3n) is 4.96. The van der Waals surface area contributed by atoms with Crippen LogP contribution in [-0.4, -0.2) is 90.8 Å². The highest BCUT2D eigenvalue weighted by atomic mass is 35.5. The van der Waals surface area contributed by atoms with Crippen molar-refractivity contribution in [2.75, 3.05) is 52.4 Å². The molecule has 1 fully saturated rings. The smallest absolute Gasteiger partial charge is 0.320 e. The summed E-state index contributed by atoms with van der Waals surface area (Å²) in [5.41, 5.74) is 0.201. The molecule has 2 N–H and O–H groups in total. The maximum atomic E-state index is 12.4. The summed E-state index contributed by atoms with van der Waals surface area (Å²) in [5, 5.41) is 5.52. The molecule has 0 radical (unpaired) electrons. The molecule has 5 amide bonds. The summed E-state index contributed by atoms with van der Waals surface area (Å²) < 4.78 is 0. The van der Waals surface area contributed by atoms with E-state index in [0.29, 0.717) is 44.3 Å². The van der Waals surface area contributed by atoms with Crippen LogP contribution in [0.1, 0.15) is 24.2 Å². The molecule has 170 valence electrons. The molecule has 1 saturated heterocycles. The third kappa shape index (κ3) is 7.00. The molecule has 0 aromatic heterocycles. The van der Waals surface area contributed by atoms with E-state index in [9.17, 15) is 19.2 Å². The number of benzene rings is 1. The molecule has 2 rings (SSSR count). The quantitative estimate of drug-likeness (QED) is 0.627. The highest BCUT2D eigenvalue weighted by Crippen LogP contribution is 2.20. The van der Waals surface area contributed by atoms with E-state index in [2.05, 4.69) is 10.6 Å². The molecular weight excluding hydrogens is 445 g/mol. The largest absolute Gasteiger partial charge is 0.345 e. The Morgan fingerprint density at radius 3 is 2.13 bits per heavy atom. The van der Waals surface area contributed by atoms with Crippen LogP contribution in [0, 0.1) is 0 Å². The van der Waals surface area contributed by atoms with Gasteiger partial charge in [0.15, 0.2) is 0 Å². The van der Waals surface area contributed by atoms with Crippen LogP contribution in [0.2, 0.25) is 10.0 Å². The summed E-state index contributed by atoms with van der Waals surface area (Å²) >= 11 is 11.8. The number of hydrogen-bond donors (Lipinski definition) is 2. The van der Waals surface area contributed by atoms with E-state index in [-0.39, 0.29) is 35.6 Å². The Labute approximate surface area is 191 Å². The van der Waals surface area contributed by atoms with Gasteiger partial charge in [-0.3, -0.25) is 14.4 Å². The SMILES string of the molecule is CCN(CC)C(=O)N1CCN(C(=O)CNC(=O)CNC(=O)c2ccc(Cl)cc2Cl)CC1. The van der Waals surface area contributed by atoms with Gasteiger partial charge in [0.25, 0.3) is 5.91 Å². The molecular formula is C20H27Cl2N5O4. The number of halogens is 2. The van der Waals surface area contributed by atoms with Gasteiger partial charge >= 0.3 is 6.03 Å². The van der Waals surface area contributed by atoms with Crippen molar-refractivity contribution in [3.8, 4) is 0 Å². The van der Waals surface area contributed by atoms with E-state index in [4.69, 9.17) is 23.2 Å². The van der Waals surface area contributed by atoms with Gasteiger partial charge in [0.2, 0.25) is 11.8 Å². The number of urea groups is 1. The number of carbonyl (C=O) groups excluding carboxylic acids is 4. The van der Waals surface area contributed by atoms with Gasteiger partial charge in [-0.15, -0.1) is 0 Å². The van der Waals surface area contributed by atoms with Gasteiger partial charge in [-0.1, -0.05) is 23.2 Å². The number of nitrogens with one attached hydrogen (secondary N) is 2. The van der Waals surface area contributed by atoms with Crippen molar-refractivity contribution in [2.24, 2.45) is 0 Å². The lowest BCUT2D eigenvalue weighted by Crippen LogP contribution is -2.55. The highest BCUT2D eigenvalue weighted by Gasteiger charge is 2.26. The van der Waals surface area contributed by atoms with Crippen LogP contribution in [0.15, 0.2) is 18.2 Å².